The van der Waals surface area contributed by atoms with E-state index in [9.17, 15) is 4.79 Å². The van der Waals surface area contributed by atoms with Gasteiger partial charge < -0.3 is 11.1 Å². The standard InChI is InChI=1S/C11H20N4O/c1-3-5-10(12)11(16)14-9(2)8-15-7-4-6-13-15/h4,6-7,9-10H,3,5,8,12H2,1-2H3,(H,14,16)/t9-,10+/m1/s1. The van der Waals surface area contributed by atoms with Crippen molar-refractivity contribution in [2.45, 2.75) is 45.3 Å². The van der Waals surface area contributed by atoms with Crippen molar-refractivity contribution in [2.24, 2.45) is 5.73 Å². The van der Waals surface area contributed by atoms with Crippen LogP contribution in [0.2, 0.25) is 0 Å². The van der Waals surface area contributed by atoms with E-state index in [1.54, 1.807) is 10.9 Å². The van der Waals surface area contributed by atoms with E-state index in [1.165, 1.54) is 0 Å². The van der Waals surface area contributed by atoms with E-state index in [2.05, 4.69) is 10.4 Å². The minimum Gasteiger partial charge on any atom is -0.350 e. The van der Waals surface area contributed by atoms with Crippen LogP contribution in [0, 0.1) is 0 Å². The Labute approximate surface area is 96.0 Å². The van der Waals surface area contributed by atoms with Gasteiger partial charge in [-0.25, -0.2) is 0 Å². The molecule has 0 aliphatic carbocycles. The Kier molecular flexibility index (Phi) is 4.98. The third-order valence-electron chi connectivity index (χ3n) is 2.35. The summed E-state index contributed by atoms with van der Waals surface area (Å²) in [6.45, 7) is 4.62. The molecule has 5 heteroatoms. The molecule has 0 radical (unpaired) electrons. The molecular formula is C11H20N4O. The number of carbonyl (C=O) groups is 1. The van der Waals surface area contributed by atoms with Gasteiger partial charge in [0, 0.05) is 18.4 Å². The highest BCUT2D eigenvalue weighted by Crippen LogP contribution is 1.95. The second-order valence-electron chi connectivity index (χ2n) is 4.03. The van der Waals surface area contributed by atoms with Crippen LogP contribution in [0.5, 0.6) is 0 Å². The summed E-state index contributed by atoms with van der Waals surface area (Å²) in [6, 6.07) is 1.50. The maximum atomic E-state index is 11.6. The second-order valence-corrected chi connectivity index (χ2v) is 4.03. The number of aromatic nitrogens is 2. The van der Waals surface area contributed by atoms with Crippen molar-refractivity contribution >= 4 is 5.91 Å². The fourth-order valence-corrected chi connectivity index (χ4v) is 1.53. The first-order valence-corrected chi connectivity index (χ1v) is 5.67. The van der Waals surface area contributed by atoms with E-state index in [-0.39, 0.29) is 11.9 Å². The van der Waals surface area contributed by atoms with Gasteiger partial charge in [-0.3, -0.25) is 9.48 Å². The number of carbonyl (C=O) groups excluding carboxylic acids is 1. The van der Waals surface area contributed by atoms with E-state index < -0.39 is 6.04 Å². The first-order chi connectivity index (χ1) is 7.63. The lowest BCUT2D eigenvalue weighted by molar-refractivity contribution is -0.123. The quantitative estimate of drug-likeness (QED) is 0.739. The number of amides is 1. The molecule has 0 aromatic carbocycles. The van der Waals surface area contributed by atoms with Gasteiger partial charge in [0.25, 0.3) is 0 Å². The summed E-state index contributed by atoms with van der Waals surface area (Å²) in [7, 11) is 0. The highest BCUT2D eigenvalue weighted by atomic mass is 16.2. The van der Waals surface area contributed by atoms with Gasteiger partial charge >= 0.3 is 0 Å². The zero-order valence-electron chi connectivity index (χ0n) is 9.89. The average molecular weight is 224 g/mol. The van der Waals surface area contributed by atoms with Crippen LogP contribution in [-0.2, 0) is 11.3 Å². The van der Waals surface area contributed by atoms with Gasteiger partial charge in [-0.05, 0) is 19.4 Å². The molecule has 0 aliphatic rings. The normalized spacial score (nSPS) is 14.4. The lowest BCUT2D eigenvalue weighted by atomic mass is 10.1. The van der Waals surface area contributed by atoms with Crippen molar-refractivity contribution in [3.63, 3.8) is 0 Å². The molecule has 0 aliphatic heterocycles. The Morgan fingerprint density at radius 3 is 2.94 bits per heavy atom. The number of rotatable bonds is 6. The van der Waals surface area contributed by atoms with Crippen LogP contribution in [0.15, 0.2) is 18.5 Å². The number of nitrogens with zero attached hydrogens (tertiary/aromatic N) is 2. The predicted octanol–water partition coefficient (Wildman–Crippen LogP) is 0.515. The molecule has 1 heterocycles. The molecule has 5 nitrogen and oxygen atoms in total. The van der Waals surface area contributed by atoms with Crippen LogP contribution in [0.25, 0.3) is 0 Å². The lowest BCUT2D eigenvalue weighted by Gasteiger charge is -2.17. The number of nitrogens with two attached hydrogens (primary N) is 1. The summed E-state index contributed by atoms with van der Waals surface area (Å²) < 4.78 is 1.79. The lowest BCUT2D eigenvalue weighted by Crippen LogP contribution is -2.45. The zero-order valence-corrected chi connectivity index (χ0v) is 9.89. The molecule has 0 fully saturated rings. The fraction of sp³-hybridized carbons (Fsp3) is 0.636. The van der Waals surface area contributed by atoms with Gasteiger partial charge in [-0.1, -0.05) is 13.3 Å². The Balaban J connectivity index is 2.33. The Bertz CT molecular complexity index is 310. The molecule has 1 aromatic heterocycles. The van der Waals surface area contributed by atoms with E-state index in [4.69, 9.17) is 5.73 Å². The summed E-state index contributed by atoms with van der Waals surface area (Å²) in [5, 5.41) is 6.96. The monoisotopic (exact) mass is 224 g/mol. The molecule has 1 amide bonds. The maximum absolute atomic E-state index is 11.6. The molecule has 0 spiro atoms. The minimum absolute atomic E-state index is 0.0373. The van der Waals surface area contributed by atoms with Crippen LogP contribution in [0.3, 0.4) is 0 Å². The van der Waals surface area contributed by atoms with Gasteiger partial charge in [0.05, 0.1) is 12.6 Å². The number of hydrogen-bond acceptors (Lipinski definition) is 3. The molecule has 90 valence electrons. The third kappa shape index (κ3) is 4.02. The van der Waals surface area contributed by atoms with Crippen molar-refractivity contribution in [3.05, 3.63) is 18.5 Å². The number of nitrogens with one attached hydrogen (secondary N) is 1. The molecule has 2 atom stereocenters. The van der Waals surface area contributed by atoms with E-state index >= 15 is 0 Å². The highest BCUT2D eigenvalue weighted by Gasteiger charge is 2.14. The summed E-state index contributed by atoms with van der Waals surface area (Å²) >= 11 is 0. The van der Waals surface area contributed by atoms with E-state index in [0.717, 1.165) is 12.8 Å². The van der Waals surface area contributed by atoms with Crippen LogP contribution < -0.4 is 11.1 Å². The molecule has 0 bridgehead atoms. The first-order valence-electron chi connectivity index (χ1n) is 5.67. The zero-order chi connectivity index (χ0) is 12.0. The van der Waals surface area contributed by atoms with E-state index in [0.29, 0.717) is 6.54 Å². The summed E-state index contributed by atoms with van der Waals surface area (Å²) in [5.41, 5.74) is 5.71. The van der Waals surface area contributed by atoms with Gasteiger partial charge in [0.2, 0.25) is 5.91 Å². The van der Waals surface area contributed by atoms with Crippen molar-refractivity contribution in [1.29, 1.82) is 0 Å². The third-order valence-corrected chi connectivity index (χ3v) is 2.35. The van der Waals surface area contributed by atoms with E-state index in [1.807, 2.05) is 26.1 Å². The molecular weight excluding hydrogens is 204 g/mol. The summed E-state index contributed by atoms with van der Waals surface area (Å²) in [5.74, 6) is -0.0819. The Morgan fingerprint density at radius 2 is 2.38 bits per heavy atom. The smallest absolute Gasteiger partial charge is 0.237 e. The van der Waals surface area contributed by atoms with Crippen molar-refractivity contribution < 1.29 is 4.79 Å². The van der Waals surface area contributed by atoms with Crippen molar-refractivity contribution in [1.82, 2.24) is 15.1 Å². The van der Waals surface area contributed by atoms with Gasteiger partial charge in [0.1, 0.15) is 0 Å². The molecule has 1 aromatic rings. The largest absolute Gasteiger partial charge is 0.350 e. The first kappa shape index (κ1) is 12.7. The predicted molar refractivity (Wildman–Crippen MR) is 62.7 cm³/mol. The molecule has 0 saturated carbocycles. The van der Waals surface area contributed by atoms with Gasteiger partial charge in [-0.15, -0.1) is 0 Å². The van der Waals surface area contributed by atoms with Gasteiger partial charge in [-0.2, -0.15) is 5.10 Å². The molecule has 16 heavy (non-hydrogen) atoms. The molecule has 0 saturated heterocycles. The van der Waals surface area contributed by atoms with Crippen LogP contribution in [-0.4, -0.2) is 27.8 Å². The Morgan fingerprint density at radius 1 is 1.62 bits per heavy atom. The molecule has 1 rings (SSSR count). The fourth-order valence-electron chi connectivity index (χ4n) is 1.53. The van der Waals surface area contributed by atoms with Crippen molar-refractivity contribution in [3.8, 4) is 0 Å². The van der Waals surface area contributed by atoms with Gasteiger partial charge in [0.15, 0.2) is 0 Å². The minimum atomic E-state index is -0.398. The number of hydrogen-bond donors (Lipinski definition) is 2. The van der Waals surface area contributed by atoms with Crippen LogP contribution >= 0.6 is 0 Å². The van der Waals surface area contributed by atoms with Crippen molar-refractivity contribution in [2.75, 3.05) is 0 Å². The SMILES string of the molecule is CCC[C@H](N)C(=O)N[C@H](C)Cn1cccn1. The van der Waals surface area contributed by atoms with Crippen LogP contribution in [0.1, 0.15) is 26.7 Å². The average Bonchev–Trinajstić information content (AvgIpc) is 2.70. The maximum Gasteiger partial charge on any atom is 0.237 e. The second kappa shape index (κ2) is 6.27. The molecule has 0 unspecified atom stereocenters. The highest BCUT2D eigenvalue weighted by molar-refractivity contribution is 5.81. The summed E-state index contributed by atoms with van der Waals surface area (Å²) in [4.78, 5) is 11.6. The topological polar surface area (TPSA) is 72.9 Å². The summed E-state index contributed by atoms with van der Waals surface area (Å²) in [6.07, 6.45) is 5.23. The Hall–Kier alpha value is -1.36. The van der Waals surface area contributed by atoms with Crippen LogP contribution in [0.4, 0.5) is 0 Å². The molecule has 3 N–H and O–H groups in total.